The smallest absolute Gasteiger partial charge is 0.321 e. The molecule has 1 rings (SSSR count). The zero-order valence-electron chi connectivity index (χ0n) is 12.2. The summed E-state index contributed by atoms with van der Waals surface area (Å²) >= 11 is 1.74. The molecular weight excluding hydrogens is 288 g/mol. The molecule has 0 fully saturated rings. The Balaban J connectivity index is 2.58. The first-order chi connectivity index (χ1) is 10.1. The lowest BCUT2D eigenvalue weighted by Gasteiger charge is -2.23. The van der Waals surface area contributed by atoms with E-state index in [4.69, 9.17) is 5.11 Å². The Morgan fingerprint density at radius 3 is 2.57 bits per heavy atom. The lowest BCUT2D eigenvalue weighted by molar-refractivity contribution is -0.137. The molecule has 1 aromatic carbocycles. The number of urea groups is 1. The second-order valence-corrected chi connectivity index (χ2v) is 5.55. The summed E-state index contributed by atoms with van der Waals surface area (Å²) in [6.45, 7) is 1.02. The lowest BCUT2D eigenvalue weighted by atomic mass is 10.2. The summed E-state index contributed by atoms with van der Waals surface area (Å²) in [5.41, 5.74) is 0.783. The zero-order valence-corrected chi connectivity index (χ0v) is 13.1. The molecule has 2 N–H and O–H groups in total. The summed E-state index contributed by atoms with van der Waals surface area (Å²) in [6.07, 6.45) is 3.44. The second-order valence-electron chi connectivity index (χ2n) is 4.56. The van der Waals surface area contributed by atoms with Gasteiger partial charge in [0.05, 0.1) is 0 Å². The molecule has 0 heterocycles. The van der Waals surface area contributed by atoms with Crippen LogP contribution in [0.4, 0.5) is 10.5 Å². The number of thioether (sulfide) groups is 1. The van der Waals surface area contributed by atoms with Crippen molar-refractivity contribution in [3.63, 3.8) is 0 Å². The van der Waals surface area contributed by atoms with E-state index in [1.54, 1.807) is 16.7 Å². The molecule has 0 bridgehead atoms. The standard InChI is InChI=1S/C15H22N2O3S/c1-21-12-6-10-16-15(20)17(11-5-9-14(18)19)13-7-3-2-4-8-13/h2-4,7-8H,5-6,9-12H2,1H3,(H,16,20)(H,18,19). The number of hydrogen-bond acceptors (Lipinski definition) is 3. The average molecular weight is 310 g/mol. The molecule has 0 aliphatic rings. The molecule has 21 heavy (non-hydrogen) atoms. The summed E-state index contributed by atoms with van der Waals surface area (Å²) < 4.78 is 0. The van der Waals surface area contributed by atoms with Gasteiger partial charge in [-0.2, -0.15) is 11.8 Å². The fraction of sp³-hybridized carbons (Fsp3) is 0.467. The van der Waals surface area contributed by atoms with Crippen LogP contribution in [0.5, 0.6) is 0 Å². The number of carbonyl (C=O) groups excluding carboxylic acids is 1. The van der Waals surface area contributed by atoms with Crippen LogP contribution in [0.2, 0.25) is 0 Å². The number of nitrogens with zero attached hydrogens (tertiary/aromatic N) is 1. The van der Waals surface area contributed by atoms with Crippen LogP contribution in [0.15, 0.2) is 30.3 Å². The minimum Gasteiger partial charge on any atom is -0.481 e. The van der Waals surface area contributed by atoms with Gasteiger partial charge in [-0.3, -0.25) is 9.69 Å². The monoisotopic (exact) mass is 310 g/mol. The first-order valence-electron chi connectivity index (χ1n) is 6.96. The Morgan fingerprint density at radius 1 is 1.24 bits per heavy atom. The summed E-state index contributed by atoms with van der Waals surface area (Å²) in [4.78, 5) is 24.5. The number of carbonyl (C=O) groups is 2. The number of amides is 2. The van der Waals surface area contributed by atoms with Crippen molar-refractivity contribution in [1.82, 2.24) is 5.32 Å². The predicted octanol–water partition coefficient (Wildman–Crippen LogP) is 2.82. The average Bonchev–Trinajstić information content (AvgIpc) is 2.48. The number of anilines is 1. The summed E-state index contributed by atoms with van der Waals surface area (Å²) in [5, 5.41) is 11.6. The van der Waals surface area contributed by atoms with Crippen LogP contribution in [-0.4, -0.2) is 42.2 Å². The number of aliphatic carboxylic acids is 1. The third-order valence-electron chi connectivity index (χ3n) is 2.89. The van der Waals surface area contributed by atoms with E-state index in [-0.39, 0.29) is 12.5 Å². The number of carboxylic acids is 1. The van der Waals surface area contributed by atoms with Crippen molar-refractivity contribution in [1.29, 1.82) is 0 Å². The van der Waals surface area contributed by atoms with Crippen LogP contribution in [0.25, 0.3) is 0 Å². The van der Waals surface area contributed by atoms with Gasteiger partial charge in [0, 0.05) is 25.2 Å². The Labute approximate surface area is 129 Å². The minimum absolute atomic E-state index is 0.0586. The zero-order chi connectivity index (χ0) is 15.5. The van der Waals surface area contributed by atoms with Crippen LogP contribution >= 0.6 is 11.8 Å². The van der Waals surface area contributed by atoms with E-state index in [0.29, 0.717) is 19.5 Å². The van der Waals surface area contributed by atoms with Gasteiger partial charge in [-0.05, 0) is 37.0 Å². The van der Waals surface area contributed by atoms with E-state index < -0.39 is 5.97 Å². The molecule has 6 heteroatoms. The van der Waals surface area contributed by atoms with E-state index in [1.807, 2.05) is 36.6 Å². The van der Waals surface area contributed by atoms with Gasteiger partial charge in [0.1, 0.15) is 0 Å². The molecular formula is C15H22N2O3S. The third-order valence-corrected chi connectivity index (χ3v) is 3.58. The number of carboxylic acid groups (broad SMARTS) is 1. The van der Waals surface area contributed by atoms with Gasteiger partial charge in [-0.1, -0.05) is 18.2 Å². The molecule has 0 atom stereocenters. The van der Waals surface area contributed by atoms with Crippen LogP contribution in [0.1, 0.15) is 19.3 Å². The molecule has 0 radical (unpaired) electrons. The number of benzene rings is 1. The van der Waals surface area contributed by atoms with Crippen molar-refractivity contribution in [2.45, 2.75) is 19.3 Å². The fourth-order valence-corrected chi connectivity index (χ4v) is 2.28. The molecule has 0 saturated carbocycles. The molecule has 0 aliphatic heterocycles. The van der Waals surface area contributed by atoms with Gasteiger partial charge >= 0.3 is 12.0 Å². The largest absolute Gasteiger partial charge is 0.481 e. The Kier molecular flexibility index (Phi) is 8.35. The van der Waals surface area contributed by atoms with Crippen molar-refractivity contribution in [2.75, 3.05) is 30.0 Å². The molecule has 116 valence electrons. The van der Waals surface area contributed by atoms with Crippen LogP contribution in [-0.2, 0) is 4.79 Å². The Bertz CT molecular complexity index is 440. The van der Waals surface area contributed by atoms with Crippen molar-refractivity contribution in [3.8, 4) is 0 Å². The molecule has 2 amide bonds. The maximum absolute atomic E-state index is 12.2. The van der Waals surface area contributed by atoms with Crippen molar-refractivity contribution in [2.24, 2.45) is 0 Å². The quantitative estimate of drug-likeness (QED) is 0.688. The molecule has 0 aromatic heterocycles. The summed E-state index contributed by atoms with van der Waals surface area (Å²) in [5.74, 6) is 0.161. The van der Waals surface area contributed by atoms with Gasteiger partial charge < -0.3 is 10.4 Å². The van der Waals surface area contributed by atoms with Crippen LogP contribution in [0.3, 0.4) is 0 Å². The van der Waals surface area contributed by atoms with Gasteiger partial charge in [0.2, 0.25) is 0 Å². The minimum atomic E-state index is -0.844. The van der Waals surface area contributed by atoms with Gasteiger partial charge in [0.25, 0.3) is 0 Å². The van der Waals surface area contributed by atoms with Crippen LogP contribution < -0.4 is 10.2 Å². The topological polar surface area (TPSA) is 69.6 Å². The van der Waals surface area contributed by atoms with E-state index in [2.05, 4.69) is 5.32 Å². The highest BCUT2D eigenvalue weighted by Crippen LogP contribution is 2.14. The summed E-state index contributed by atoms with van der Waals surface area (Å²) in [7, 11) is 0. The van der Waals surface area contributed by atoms with E-state index in [1.165, 1.54) is 0 Å². The molecule has 1 aromatic rings. The molecule has 0 saturated heterocycles. The normalized spacial score (nSPS) is 10.1. The first-order valence-corrected chi connectivity index (χ1v) is 8.35. The van der Waals surface area contributed by atoms with Gasteiger partial charge in [-0.15, -0.1) is 0 Å². The highest BCUT2D eigenvalue weighted by Gasteiger charge is 2.15. The highest BCUT2D eigenvalue weighted by molar-refractivity contribution is 7.98. The Hall–Kier alpha value is -1.69. The third kappa shape index (κ3) is 7.04. The lowest BCUT2D eigenvalue weighted by Crippen LogP contribution is -2.41. The van der Waals surface area contributed by atoms with Gasteiger partial charge in [-0.25, -0.2) is 4.79 Å². The molecule has 5 nitrogen and oxygen atoms in total. The summed E-state index contributed by atoms with van der Waals surface area (Å²) in [6, 6.07) is 9.13. The maximum Gasteiger partial charge on any atom is 0.321 e. The van der Waals surface area contributed by atoms with Crippen molar-refractivity contribution >= 4 is 29.4 Å². The van der Waals surface area contributed by atoms with E-state index in [0.717, 1.165) is 17.9 Å². The first kappa shape index (κ1) is 17.4. The van der Waals surface area contributed by atoms with Crippen molar-refractivity contribution < 1.29 is 14.7 Å². The van der Waals surface area contributed by atoms with Gasteiger partial charge in [0.15, 0.2) is 0 Å². The fourth-order valence-electron chi connectivity index (χ4n) is 1.85. The number of para-hydroxylation sites is 1. The predicted molar refractivity (Wildman–Crippen MR) is 87.1 cm³/mol. The maximum atomic E-state index is 12.2. The molecule has 0 spiro atoms. The van der Waals surface area contributed by atoms with E-state index in [9.17, 15) is 9.59 Å². The number of hydrogen-bond donors (Lipinski definition) is 2. The molecule has 0 unspecified atom stereocenters. The number of nitrogens with one attached hydrogen (secondary N) is 1. The Morgan fingerprint density at radius 2 is 1.95 bits per heavy atom. The van der Waals surface area contributed by atoms with Crippen LogP contribution in [0, 0.1) is 0 Å². The van der Waals surface area contributed by atoms with Crippen molar-refractivity contribution in [3.05, 3.63) is 30.3 Å². The number of rotatable bonds is 9. The SMILES string of the molecule is CSCCCNC(=O)N(CCCC(=O)O)c1ccccc1. The van der Waals surface area contributed by atoms with E-state index >= 15 is 0 Å². The second kappa shape index (κ2) is 10.1. The molecule has 0 aliphatic carbocycles. The highest BCUT2D eigenvalue weighted by atomic mass is 32.2.